The van der Waals surface area contributed by atoms with Crippen molar-refractivity contribution in [2.75, 3.05) is 6.61 Å². The maximum atomic E-state index is 5.51. The maximum absolute atomic E-state index is 5.51. The van der Waals surface area contributed by atoms with Gasteiger partial charge in [0.1, 0.15) is 12.4 Å². The molecule has 0 bridgehead atoms. The fraction of sp³-hybridized carbons (Fsp3) is 0.176. The van der Waals surface area contributed by atoms with E-state index in [2.05, 4.69) is 23.4 Å². The molecular weight excluding hydrogens is 234 g/mol. The van der Waals surface area contributed by atoms with E-state index in [9.17, 15) is 0 Å². The molecule has 0 aliphatic heterocycles. The van der Waals surface area contributed by atoms with Crippen LogP contribution in [0.15, 0.2) is 54.6 Å². The smallest absolute Gasteiger partial charge is 0.148 e. The average Bonchev–Trinajstić information content (AvgIpc) is 2.47. The van der Waals surface area contributed by atoms with Crippen molar-refractivity contribution in [2.45, 2.75) is 13.1 Å². The molecule has 2 aromatic rings. The SMILES string of the molecule is C#CCOc1ccccc1CNCc1ccccc1. The molecule has 0 aliphatic carbocycles. The molecule has 19 heavy (non-hydrogen) atoms. The molecule has 2 rings (SSSR count). The lowest BCUT2D eigenvalue weighted by molar-refractivity contribution is 0.365. The molecule has 0 heterocycles. The Balaban J connectivity index is 1.90. The number of benzene rings is 2. The first-order chi connectivity index (χ1) is 9.40. The van der Waals surface area contributed by atoms with E-state index in [1.165, 1.54) is 5.56 Å². The lowest BCUT2D eigenvalue weighted by Gasteiger charge is -2.10. The van der Waals surface area contributed by atoms with Crippen LogP contribution >= 0.6 is 0 Å². The van der Waals surface area contributed by atoms with Crippen LogP contribution in [0.5, 0.6) is 5.75 Å². The van der Waals surface area contributed by atoms with Crippen molar-refractivity contribution < 1.29 is 4.74 Å². The Labute approximate surface area is 114 Å². The summed E-state index contributed by atoms with van der Waals surface area (Å²) in [4.78, 5) is 0. The molecule has 0 aliphatic rings. The van der Waals surface area contributed by atoms with Gasteiger partial charge in [-0.2, -0.15) is 0 Å². The standard InChI is InChI=1S/C17H17NO/c1-2-12-19-17-11-7-6-10-16(17)14-18-13-15-8-4-3-5-9-15/h1,3-11,18H,12-14H2. The third-order valence-corrected chi connectivity index (χ3v) is 2.77. The number of para-hydroxylation sites is 1. The normalized spacial score (nSPS) is 9.84. The zero-order valence-electron chi connectivity index (χ0n) is 10.8. The predicted molar refractivity (Wildman–Crippen MR) is 77.8 cm³/mol. The largest absolute Gasteiger partial charge is 0.481 e. The third kappa shape index (κ3) is 4.17. The highest BCUT2D eigenvalue weighted by Gasteiger charge is 2.01. The Morgan fingerprint density at radius 1 is 0.947 bits per heavy atom. The minimum atomic E-state index is 0.301. The van der Waals surface area contributed by atoms with Gasteiger partial charge in [-0.25, -0.2) is 0 Å². The van der Waals surface area contributed by atoms with E-state index in [4.69, 9.17) is 11.2 Å². The Morgan fingerprint density at radius 3 is 2.47 bits per heavy atom. The van der Waals surface area contributed by atoms with Gasteiger partial charge in [0, 0.05) is 18.7 Å². The van der Waals surface area contributed by atoms with Gasteiger partial charge in [-0.05, 0) is 11.6 Å². The van der Waals surface area contributed by atoms with Crippen molar-refractivity contribution in [3.05, 3.63) is 65.7 Å². The summed E-state index contributed by atoms with van der Waals surface area (Å²) >= 11 is 0. The minimum absolute atomic E-state index is 0.301. The Kier molecular flexibility index (Phi) is 5.04. The van der Waals surface area contributed by atoms with Crippen molar-refractivity contribution in [1.29, 1.82) is 0 Å². The van der Waals surface area contributed by atoms with Gasteiger partial charge in [-0.1, -0.05) is 54.5 Å². The van der Waals surface area contributed by atoms with Crippen LogP contribution in [0.4, 0.5) is 0 Å². The zero-order chi connectivity index (χ0) is 13.3. The van der Waals surface area contributed by atoms with Crippen molar-refractivity contribution in [1.82, 2.24) is 5.32 Å². The molecule has 0 radical (unpaired) electrons. The second-order valence-corrected chi connectivity index (χ2v) is 4.19. The summed E-state index contributed by atoms with van der Waals surface area (Å²) in [5.74, 6) is 3.33. The lowest BCUT2D eigenvalue weighted by Crippen LogP contribution is -2.13. The van der Waals surface area contributed by atoms with Crippen LogP contribution < -0.4 is 10.1 Å². The molecule has 2 aromatic carbocycles. The van der Waals surface area contributed by atoms with Crippen LogP contribution in [0.25, 0.3) is 0 Å². The molecule has 0 unspecified atom stereocenters. The van der Waals surface area contributed by atoms with Crippen LogP contribution in [0, 0.1) is 12.3 Å². The second-order valence-electron chi connectivity index (χ2n) is 4.19. The van der Waals surface area contributed by atoms with E-state index < -0.39 is 0 Å². The fourth-order valence-electron chi connectivity index (χ4n) is 1.85. The Bertz CT molecular complexity index is 543. The van der Waals surface area contributed by atoms with E-state index >= 15 is 0 Å². The van der Waals surface area contributed by atoms with Gasteiger partial charge in [0.05, 0.1) is 0 Å². The molecule has 0 fully saturated rings. The van der Waals surface area contributed by atoms with Crippen LogP contribution in [0.1, 0.15) is 11.1 Å². The van der Waals surface area contributed by atoms with Crippen molar-refractivity contribution in [3.63, 3.8) is 0 Å². The summed E-state index contributed by atoms with van der Waals surface area (Å²) in [7, 11) is 0. The second kappa shape index (κ2) is 7.25. The van der Waals surface area contributed by atoms with Gasteiger partial charge in [0.2, 0.25) is 0 Å². The summed E-state index contributed by atoms with van der Waals surface area (Å²) in [5, 5.41) is 3.40. The predicted octanol–water partition coefficient (Wildman–Crippen LogP) is 2.99. The number of ether oxygens (including phenoxy) is 1. The first-order valence-electron chi connectivity index (χ1n) is 6.29. The Hall–Kier alpha value is -2.24. The summed E-state index contributed by atoms with van der Waals surface area (Å²) in [6.45, 7) is 1.90. The average molecular weight is 251 g/mol. The van der Waals surface area contributed by atoms with Crippen molar-refractivity contribution in [2.24, 2.45) is 0 Å². The van der Waals surface area contributed by atoms with Crippen LogP contribution in [-0.2, 0) is 13.1 Å². The minimum Gasteiger partial charge on any atom is -0.481 e. The quantitative estimate of drug-likeness (QED) is 0.797. The number of rotatable bonds is 6. The molecule has 0 saturated heterocycles. The molecule has 0 saturated carbocycles. The topological polar surface area (TPSA) is 21.3 Å². The lowest BCUT2D eigenvalue weighted by atomic mass is 10.2. The summed E-state index contributed by atoms with van der Waals surface area (Å²) < 4.78 is 5.51. The van der Waals surface area contributed by atoms with E-state index in [1.54, 1.807) is 0 Å². The van der Waals surface area contributed by atoms with Gasteiger partial charge in [0.25, 0.3) is 0 Å². The van der Waals surface area contributed by atoms with Crippen molar-refractivity contribution >= 4 is 0 Å². The summed E-state index contributed by atoms with van der Waals surface area (Å²) in [6.07, 6.45) is 5.21. The molecule has 0 amide bonds. The maximum Gasteiger partial charge on any atom is 0.148 e. The molecular formula is C17H17NO. The van der Waals surface area contributed by atoms with Crippen LogP contribution in [-0.4, -0.2) is 6.61 Å². The highest BCUT2D eigenvalue weighted by atomic mass is 16.5. The van der Waals surface area contributed by atoms with Gasteiger partial charge in [-0.15, -0.1) is 6.42 Å². The summed E-state index contributed by atoms with van der Waals surface area (Å²) in [6, 6.07) is 18.3. The first-order valence-corrected chi connectivity index (χ1v) is 6.29. The van der Waals surface area contributed by atoms with E-state index in [0.717, 1.165) is 24.4 Å². The van der Waals surface area contributed by atoms with E-state index in [1.807, 2.05) is 42.5 Å². The number of hydrogen-bond donors (Lipinski definition) is 1. The molecule has 0 atom stereocenters. The van der Waals surface area contributed by atoms with E-state index in [-0.39, 0.29) is 0 Å². The van der Waals surface area contributed by atoms with Crippen LogP contribution in [0.2, 0.25) is 0 Å². The Morgan fingerprint density at radius 2 is 1.68 bits per heavy atom. The van der Waals surface area contributed by atoms with Gasteiger partial charge < -0.3 is 10.1 Å². The first kappa shape index (κ1) is 13.2. The number of hydrogen-bond acceptors (Lipinski definition) is 2. The summed E-state index contributed by atoms with van der Waals surface area (Å²) in [5.41, 5.74) is 2.39. The highest BCUT2D eigenvalue weighted by Crippen LogP contribution is 2.17. The number of terminal acetylenes is 1. The zero-order valence-corrected chi connectivity index (χ0v) is 10.8. The molecule has 2 nitrogen and oxygen atoms in total. The monoisotopic (exact) mass is 251 g/mol. The molecule has 2 heteroatoms. The number of nitrogens with one attached hydrogen (secondary N) is 1. The van der Waals surface area contributed by atoms with Gasteiger partial charge >= 0.3 is 0 Å². The van der Waals surface area contributed by atoms with Crippen LogP contribution in [0.3, 0.4) is 0 Å². The molecule has 96 valence electrons. The molecule has 1 N–H and O–H groups in total. The highest BCUT2D eigenvalue weighted by molar-refractivity contribution is 5.33. The van der Waals surface area contributed by atoms with Gasteiger partial charge in [-0.3, -0.25) is 0 Å². The fourth-order valence-corrected chi connectivity index (χ4v) is 1.85. The molecule has 0 aromatic heterocycles. The van der Waals surface area contributed by atoms with E-state index in [0.29, 0.717) is 6.61 Å². The third-order valence-electron chi connectivity index (χ3n) is 2.77. The van der Waals surface area contributed by atoms with Gasteiger partial charge in [0.15, 0.2) is 0 Å². The molecule has 0 spiro atoms. The van der Waals surface area contributed by atoms with Crippen molar-refractivity contribution in [3.8, 4) is 18.1 Å².